The molecule has 0 aromatic rings. The van der Waals surface area contributed by atoms with Crippen LogP contribution in [0.15, 0.2) is 0 Å². The monoisotopic (exact) mass is 213 g/mol. The predicted molar refractivity (Wildman–Crippen MR) is 40.3 cm³/mol. The van der Waals surface area contributed by atoms with E-state index in [1.807, 2.05) is 0 Å². The van der Waals surface area contributed by atoms with Gasteiger partial charge in [-0.3, -0.25) is 4.79 Å². The van der Waals surface area contributed by atoms with Crippen LogP contribution in [0, 0.1) is 0 Å². The smallest absolute Gasteiger partial charge is 0.395 e. The van der Waals surface area contributed by atoms with Gasteiger partial charge in [0.05, 0.1) is 6.61 Å². The summed E-state index contributed by atoms with van der Waals surface area (Å²) in [7, 11) is 0. The van der Waals surface area contributed by atoms with Gasteiger partial charge in [-0.05, 0) is 6.92 Å². The van der Waals surface area contributed by atoms with Gasteiger partial charge in [0.25, 0.3) is 0 Å². The van der Waals surface area contributed by atoms with Gasteiger partial charge in [0.15, 0.2) is 11.8 Å². The standard InChI is InChI=1S/C7H10F3NO3/c1-2-14-6(13)5(11)4(12)3-7(8,9)10/h5H,2-3,11H2,1H3. The number of esters is 1. The van der Waals surface area contributed by atoms with Crippen molar-refractivity contribution in [1.82, 2.24) is 0 Å². The normalized spacial score (nSPS) is 13.5. The summed E-state index contributed by atoms with van der Waals surface area (Å²) in [5.41, 5.74) is 4.93. The van der Waals surface area contributed by atoms with E-state index in [4.69, 9.17) is 5.73 Å². The van der Waals surface area contributed by atoms with Crippen molar-refractivity contribution >= 4 is 11.8 Å². The SMILES string of the molecule is CCOC(=O)C(N)C(=O)CC(F)(F)F. The molecule has 0 radical (unpaired) electrons. The summed E-state index contributed by atoms with van der Waals surface area (Å²) in [6, 6.07) is -1.85. The zero-order valence-electron chi connectivity index (χ0n) is 7.43. The maximum Gasteiger partial charge on any atom is 0.395 e. The highest BCUT2D eigenvalue weighted by Crippen LogP contribution is 2.20. The van der Waals surface area contributed by atoms with E-state index in [1.54, 1.807) is 0 Å². The fraction of sp³-hybridized carbons (Fsp3) is 0.714. The van der Waals surface area contributed by atoms with Gasteiger partial charge in [0, 0.05) is 0 Å². The molecule has 0 spiro atoms. The molecule has 4 nitrogen and oxygen atoms in total. The Kier molecular flexibility index (Phi) is 4.55. The van der Waals surface area contributed by atoms with E-state index in [1.165, 1.54) is 6.92 Å². The summed E-state index contributed by atoms with van der Waals surface area (Å²) in [5, 5.41) is 0. The Hall–Kier alpha value is -1.11. The number of ketones is 1. The largest absolute Gasteiger partial charge is 0.464 e. The Morgan fingerprint density at radius 3 is 2.29 bits per heavy atom. The van der Waals surface area contributed by atoms with Gasteiger partial charge >= 0.3 is 12.1 Å². The lowest BCUT2D eigenvalue weighted by Crippen LogP contribution is -2.41. The molecule has 0 amide bonds. The van der Waals surface area contributed by atoms with Crippen molar-refractivity contribution in [3.05, 3.63) is 0 Å². The number of ether oxygens (including phenoxy) is 1. The number of carbonyl (C=O) groups is 2. The molecule has 0 bridgehead atoms. The van der Waals surface area contributed by atoms with E-state index in [2.05, 4.69) is 4.74 Å². The van der Waals surface area contributed by atoms with Crippen LogP contribution in [0.5, 0.6) is 0 Å². The number of nitrogens with two attached hydrogens (primary N) is 1. The molecular formula is C7H10F3NO3. The Morgan fingerprint density at radius 1 is 1.43 bits per heavy atom. The first kappa shape index (κ1) is 12.9. The first-order chi connectivity index (χ1) is 6.28. The van der Waals surface area contributed by atoms with Crippen molar-refractivity contribution in [1.29, 1.82) is 0 Å². The Morgan fingerprint density at radius 2 is 1.93 bits per heavy atom. The third-order valence-electron chi connectivity index (χ3n) is 1.26. The molecule has 0 aromatic heterocycles. The minimum absolute atomic E-state index is 0.0359. The van der Waals surface area contributed by atoms with Crippen molar-refractivity contribution in [2.45, 2.75) is 25.6 Å². The number of Topliss-reactive ketones (excluding diaryl/α,β-unsaturated/α-hetero) is 1. The molecule has 0 heterocycles. The summed E-state index contributed by atoms with van der Waals surface area (Å²) in [6.07, 6.45) is -6.37. The molecule has 1 atom stereocenters. The van der Waals surface area contributed by atoms with Crippen LogP contribution in [0.1, 0.15) is 13.3 Å². The lowest BCUT2D eigenvalue weighted by molar-refractivity contribution is -0.158. The Bertz CT molecular complexity index is 227. The fourth-order valence-corrected chi connectivity index (χ4v) is 0.671. The predicted octanol–water partition coefficient (Wildman–Crippen LogP) is 0.398. The summed E-state index contributed by atoms with van der Waals surface area (Å²) < 4.78 is 39.3. The molecule has 0 saturated carbocycles. The van der Waals surface area contributed by atoms with Gasteiger partial charge in [-0.25, -0.2) is 4.79 Å². The highest BCUT2D eigenvalue weighted by Gasteiger charge is 2.36. The zero-order chi connectivity index (χ0) is 11.4. The third-order valence-corrected chi connectivity index (χ3v) is 1.26. The van der Waals surface area contributed by atoms with Crippen molar-refractivity contribution in [3.8, 4) is 0 Å². The molecule has 0 aromatic carbocycles. The lowest BCUT2D eigenvalue weighted by Gasteiger charge is -2.10. The van der Waals surface area contributed by atoms with E-state index in [-0.39, 0.29) is 6.61 Å². The summed E-state index contributed by atoms with van der Waals surface area (Å²) in [5.74, 6) is -2.53. The number of halogens is 3. The topological polar surface area (TPSA) is 69.4 Å². The molecule has 0 fully saturated rings. The summed E-state index contributed by atoms with van der Waals surface area (Å²) in [6.45, 7) is 1.42. The maximum atomic E-state index is 11.7. The summed E-state index contributed by atoms with van der Waals surface area (Å²) >= 11 is 0. The van der Waals surface area contributed by atoms with Crippen LogP contribution in [0.4, 0.5) is 13.2 Å². The molecule has 0 saturated heterocycles. The highest BCUT2D eigenvalue weighted by atomic mass is 19.4. The molecule has 82 valence electrons. The van der Waals surface area contributed by atoms with Gasteiger partial charge in [0.1, 0.15) is 6.42 Å². The van der Waals surface area contributed by atoms with Gasteiger partial charge in [0.2, 0.25) is 0 Å². The molecule has 14 heavy (non-hydrogen) atoms. The van der Waals surface area contributed by atoms with Crippen molar-refractivity contribution in [3.63, 3.8) is 0 Å². The van der Waals surface area contributed by atoms with Crippen LogP contribution in [-0.4, -0.2) is 30.6 Å². The van der Waals surface area contributed by atoms with E-state index in [9.17, 15) is 22.8 Å². The van der Waals surface area contributed by atoms with Crippen LogP contribution in [0.25, 0.3) is 0 Å². The molecule has 0 rings (SSSR count). The Labute approximate surface area is 78.2 Å². The van der Waals surface area contributed by atoms with Crippen molar-refractivity contribution < 1.29 is 27.5 Å². The number of hydrogen-bond acceptors (Lipinski definition) is 4. The molecule has 0 aliphatic heterocycles. The number of rotatable bonds is 4. The lowest BCUT2D eigenvalue weighted by atomic mass is 10.1. The van der Waals surface area contributed by atoms with Crippen LogP contribution in [-0.2, 0) is 14.3 Å². The van der Waals surface area contributed by atoms with Gasteiger partial charge in [-0.1, -0.05) is 0 Å². The minimum atomic E-state index is -4.65. The molecule has 1 unspecified atom stereocenters. The van der Waals surface area contributed by atoms with E-state index in [0.29, 0.717) is 0 Å². The van der Waals surface area contributed by atoms with Crippen LogP contribution >= 0.6 is 0 Å². The molecular weight excluding hydrogens is 203 g/mol. The fourth-order valence-electron chi connectivity index (χ4n) is 0.671. The quantitative estimate of drug-likeness (QED) is 0.542. The number of alkyl halides is 3. The van der Waals surface area contributed by atoms with E-state index >= 15 is 0 Å². The summed E-state index contributed by atoms with van der Waals surface area (Å²) in [4.78, 5) is 21.5. The van der Waals surface area contributed by atoms with Gasteiger partial charge < -0.3 is 10.5 Å². The van der Waals surface area contributed by atoms with Crippen LogP contribution < -0.4 is 5.73 Å². The Balaban J connectivity index is 4.19. The maximum absolute atomic E-state index is 11.7. The van der Waals surface area contributed by atoms with Crippen molar-refractivity contribution in [2.75, 3.05) is 6.61 Å². The zero-order valence-corrected chi connectivity index (χ0v) is 7.43. The van der Waals surface area contributed by atoms with Crippen LogP contribution in [0.3, 0.4) is 0 Å². The van der Waals surface area contributed by atoms with Gasteiger partial charge in [-0.2, -0.15) is 13.2 Å². The van der Waals surface area contributed by atoms with Gasteiger partial charge in [-0.15, -0.1) is 0 Å². The highest BCUT2D eigenvalue weighted by molar-refractivity contribution is 6.03. The molecule has 7 heteroatoms. The average Bonchev–Trinajstić information content (AvgIpc) is 2.00. The van der Waals surface area contributed by atoms with Crippen molar-refractivity contribution in [2.24, 2.45) is 5.73 Å². The second-order valence-corrected chi connectivity index (χ2v) is 2.49. The third kappa shape index (κ3) is 4.80. The van der Waals surface area contributed by atoms with E-state index < -0.39 is 30.4 Å². The van der Waals surface area contributed by atoms with Crippen LogP contribution in [0.2, 0.25) is 0 Å². The first-order valence-electron chi connectivity index (χ1n) is 3.79. The first-order valence-corrected chi connectivity index (χ1v) is 3.79. The number of hydrogen-bond donors (Lipinski definition) is 1. The molecule has 2 N–H and O–H groups in total. The number of carbonyl (C=O) groups excluding carboxylic acids is 2. The second kappa shape index (κ2) is 4.94. The van der Waals surface area contributed by atoms with E-state index in [0.717, 1.165) is 0 Å². The molecule has 0 aliphatic carbocycles. The molecule has 0 aliphatic rings. The average molecular weight is 213 g/mol. The minimum Gasteiger partial charge on any atom is -0.464 e. The second-order valence-electron chi connectivity index (χ2n) is 2.49.